The van der Waals surface area contributed by atoms with Crippen molar-refractivity contribution in [2.45, 2.75) is 25.4 Å². The molecule has 3 rings (SSSR count). The Morgan fingerprint density at radius 2 is 1.86 bits per heavy atom. The molecular weight excluding hydrogens is 516 g/mol. The second-order valence-electron chi connectivity index (χ2n) is 7.64. The van der Waals surface area contributed by atoms with Crippen molar-refractivity contribution < 1.29 is 27.4 Å². The topological polar surface area (TPSA) is 140 Å². The molecule has 1 aromatic heterocycles. The minimum Gasteiger partial charge on any atom is -0.493 e. The first-order valence-corrected chi connectivity index (χ1v) is 13.7. The number of ether oxygens (including phenoxy) is 3. The third-order valence-electron chi connectivity index (χ3n) is 5.05. The third-order valence-corrected chi connectivity index (χ3v) is 7.29. The van der Waals surface area contributed by atoms with Gasteiger partial charge in [-0.2, -0.15) is 14.6 Å². The number of benzene rings is 2. The summed E-state index contributed by atoms with van der Waals surface area (Å²) < 4.78 is 44.5. The summed E-state index contributed by atoms with van der Waals surface area (Å²) in [6.45, 7) is 4.35. The molecule has 1 heterocycles. The van der Waals surface area contributed by atoms with Crippen molar-refractivity contribution >= 4 is 38.5 Å². The SMILES string of the molecule is CCS(=O)(=O)c1nsc(NC(=O)C(C#N)=Cc2ccc(OCCCOc3ccccc3C)c(OC)c2)n1. The number of carbonyl (C=O) groups excluding carboxylic acids is 1. The number of amides is 1. The molecule has 0 unspecified atom stereocenters. The third kappa shape index (κ3) is 7.52. The number of nitriles is 1. The Labute approximate surface area is 219 Å². The minimum absolute atomic E-state index is 0.0223. The van der Waals surface area contributed by atoms with Crippen LogP contribution in [0.4, 0.5) is 5.13 Å². The number of nitrogens with one attached hydrogen (secondary N) is 1. The normalized spacial score (nSPS) is 11.5. The molecule has 1 N–H and O–H groups in total. The van der Waals surface area contributed by atoms with Crippen LogP contribution in [0.1, 0.15) is 24.5 Å². The van der Waals surface area contributed by atoms with Gasteiger partial charge < -0.3 is 14.2 Å². The molecule has 0 atom stereocenters. The maximum Gasteiger partial charge on any atom is 0.268 e. The lowest BCUT2D eigenvalue weighted by Crippen LogP contribution is -2.13. The average molecular weight is 543 g/mol. The van der Waals surface area contributed by atoms with Gasteiger partial charge in [-0.1, -0.05) is 31.2 Å². The van der Waals surface area contributed by atoms with Crippen LogP contribution in [0.15, 0.2) is 53.2 Å². The van der Waals surface area contributed by atoms with Gasteiger partial charge in [-0.3, -0.25) is 10.1 Å². The molecule has 0 fully saturated rings. The van der Waals surface area contributed by atoms with Gasteiger partial charge in [0.2, 0.25) is 15.0 Å². The summed E-state index contributed by atoms with van der Waals surface area (Å²) in [5, 5.41) is 11.5. The van der Waals surface area contributed by atoms with Gasteiger partial charge in [-0.05, 0) is 42.3 Å². The standard InChI is InChI=1S/C25H26N4O6S2/c1-4-37(31,32)25-28-24(36-29-25)27-23(30)19(16-26)14-18-10-11-21(22(15-18)33-3)35-13-7-12-34-20-9-6-5-8-17(20)2/h5-6,8-11,14-15H,4,7,12-13H2,1-3H3,(H,27,28,29,30). The fourth-order valence-electron chi connectivity index (χ4n) is 3.03. The van der Waals surface area contributed by atoms with E-state index in [9.17, 15) is 18.5 Å². The number of aryl methyl sites for hydroxylation is 1. The number of rotatable bonds is 12. The molecule has 2 aromatic carbocycles. The highest BCUT2D eigenvalue weighted by atomic mass is 32.2. The summed E-state index contributed by atoms with van der Waals surface area (Å²) in [4.78, 5) is 16.4. The number of methoxy groups -OCH3 is 1. The molecule has 0 bridgehead atoms. The number of nitrogens with zero attached hydrogens (tertiary/aromatic N) is 3. The molecule has 0 radical (unpaired) electrons. The molecule has 10 nitrogen and oxygen atoms in total. The molecule has 12 heteroatoms. The monoisotopic (exact) mass is 542 g/mol. The quantitative estimate of drug-likeness (QED) is 0.204. The zero-order valence-corrected chi connectivity index (χ0v) is 22.2. The lowest BCUT2D eigenvalue weighted by molar-refractivity contribution is -0.112. The highest BCUT2D eigenvalue weighted by Crippen LogP contribution is 2.29. The van der Waals surface area contributed by atoms with E-state index in [0.29, 0.717) is 36.7 Å². The molecule has 0 spiro atoms. The predicted molar refractivity (Wildman–Crippen MR) is 140 cm³/mol. The van der Waals surface area contributed by atoms with E-state index in [2.05, 4.69) is 14.7 Å². The zero-order valence-electron chi connectivity index (χ0n) is 20.6. The maximum atomic E-state index is 12.5. The van der Waals surface area contributed by atoms with Crippen LogP contribution in [-0.2, 0) is 14.6 Å². The second kappa shape index (κ2) is 12.8. The van der Waals surface area contributed by atoms with Gasteiger partial charge in [-0.15, -0.1) is 0 Å². The average Bonchev–Trinajstić information content (AvgIpc) is 3.37. The van der Waals surface area contributed by atoms with Gasteiger partial charge >= 0.3 is 0 Å². The van der Waals surface area contributed by atoms with E-state index in [1.807, 2.05) is 37.3 Å². The molecule has 1 amide bonds. The molecule has 0 aliphatic rings. The van der Waals surface area contributed by atoms with E-state index in [4.69, 9.17) is 14.2 Å². The van der Waals surface area contributed by atoms with Crippen molar-refractivity contribution in [3.63, 3.8) is 0 Å². The number of para-hydroxylation sites is 1. The van der Waals surface area contributed by atoms with Crippen LogP contribution in [0, 0.1) is 18.3 Å². The van der Waals surface area contributed by atoms with Crippen molar-refractivity contribution in [1.82, 2.24) is 9.36 Å². The van der Waals surface area contributed by atoms with Gasteiger partial charge in [0.1, 0.15) is 17.4 Å². The van der Waals surface area contributed by atoms with Crippen molar-refractivity contribution in [1.29, 1.82) is 5.26 Å². The van der Waals surface area contributed by atoms with Gasteiger partial charge in [0.25, 0.3) is 11.1 Å². The van der Waals surface area contributed by atoms with E-state index in [1.54, 1.807) is 18.2 Å². The molecule has 194 valence electrons. The summed E-state index contributed by atoms with van der Waals surface area (Å²) in [6, 6.07) is 14.6. The molecule has 3 aromatic rings. The number of anilines is 1. The summed E-state index contributed by atoms with van der Waals surface area (Å²) >= 11 is 0.718. The number of aromatic nitrogens is 2. The molecule has 0 saturated carbocycles. The van der Waals surface area contributed by atoms with E-state index < -0.39 is 15.7 Å². The fourth-order valence-corrected chi connectivity index (χ4v) is 4.61. The van der Waals surface area contributed by atoms with Crippen LogP contribution in [0.2, 0.25) is 0 Å². The summed E-state index contributed by atoms with van der Waals surface area (Å²) in [5.74, 6) is 0.878. The molecule has 0 aliphatic heterocycles. The molecule has 0 aliphatic carbocycles. The largest absolute Gasteiger partial charge is 0.493 e. The van der Waals surface area contributed by atoms with E-state index >= 15 is 0 Å². The Hall–Kier alpha value is -3.95. The molecule has 37 heavy (non-hydrogen) atoms. The van der Waals surface area contributed by atoms with Gasteiger partial charge in [-0.25, -0.2) is 8.42 Å². The van der Waals surface area contributed by atoms with Gasteiger partial charge in [0, 0.05) is 18.0 Å². The smallest absolute Gasteiger partial charge is 0.268 e. The number of carbonyl (C=O) groups is 1. The summed E-state index contributed by atoms with van der Waals surface area (Å²) in [6.07, 6.45) is 2.03. The number of sulfone groups is 1. The Morgan fingerprint density at radius 1 is 1.14 bits per heavy atom. The van der Waals surface area contributed by atoms with Crippen LogP contribution in [-0.4, -0.2) is 49.8 Å². The molecular formula is C25H26N4O6S2. The Bertz CT molecular complexity index is 1430. The first-order valence-electron chi connectivity index (χ1n) is 11.3. The van der Waals surface area contributed by atoms with Crippen LogP contribution >= 0.6 is 11.5 Å². The fraction of sp³-hybridized carbons (Fsp3) is 0.280. The van der Waals surface area contributed by atoms with E-state index in [1.165, 1.54) is 20.1 Å². The minimum atomic E-state index is -3.60. The maximum absolute atomic E-state index is 12.5. The highest BCUT2D eigenvalue weighted by Gasteiger charge is 2.20. The second-order valence-corrected chi connectivity index (χ2v) is 10.6. The summed E-state index contributed by atoms with van der Waals surface area (Å²) in [7, 11) is -2.11. The number of hydrogen-bond donors (Lipinski definition) is 1. The Kier molecular flexibility index (Phi) is 9.59. The highest BCUT2D eigenvalue weighted by molar-refractivity contribution is 7.91. The van der Waals surface area contributed by atoms with E-state index in [0.717, 1.165) is 22.8 Å². The van der Waals surface area contributed by atoms with Crippen LogP contribution in [0.5, 0.6) is 17.2 Å². The lowest BCUT2D eigenvalue weighted by Gasteiger charge is -2.12. The lowest BCUT2D eigenvalue weighted by atomic mass is 10.1. The predicted octanol–water partition coefficient (Wildman–Crippen LogP) is 4.04. The van der Waals surface area contributed by atoms with Crippen molar-refractivity contribution in [3.8, 4) is 23.3 Å². The van der Waals surface area contributed by atoms with Crippen molar-refractivity contribution in [2.24, 2.45) is 0 Å². The van der Waals surface area contributed by atoms with Crippen molar-refractivity contribution in [2.75, 3.05) is 31.4 Å². The van der Waals surface area contributed by atoms with Crippen LogP contribution in [0.3, 0.4) is 0 Å². The first-order chi connectivity index (χ1) is 17.8. The number of hydrogen-bond acceptors (Lipinski definition) is 10. The van der Waals surface area contributed by atoms with Gasteiger partial charge in [0.05, 0.1) is 26.1 Å². The van der Waals surface area contributed by atoms with Gasteiger partial charge in [0.15, 0.2) is 11.5 Å². The zero-order chi connectivity index (χ0) is 26.8. The Morgan fingerprint density at radius 3 is 2.54 bits per heavy atom. The van der Waals surface area contributed by atoms with Crippen LogP contribution < -0.4 is 19.5 Å². The Balaban J connectivity index is 1.61. The first kappa shape index (κ1) is 27.6. The van der Waals surface area contributed by atoms with E-state index in [-0.39, 0.29) is 21.6 Å². The van der Waals surface area contributed by atoms with Crippen molar-refractivity contribution in [3.05, 3.63) is 59.2 Å². The molecule has 0 saturated heterocycles. The van der Waals surface area contributed by atoms with Crippen LogP contribution in [0.25, 0.3) is 6.08 Å². The summed E-state index contributed by atoms with van der Waals surface area (Å²) in [5.41, 5.74) is 1.39.